The molecule has 0 spiro atoms. The first-order valence-corrected chi connectivity index (χ1v) is 7.37. The van der Waals surface area contributed by atoms with Gasteiger partial charge in [0, 0.05) is 33.0 Å². The van der Waals surface area contributed by atoms with Crippen molar-refractivity contribution in [2.24, 2.45) is 13.0 Å². The van der Waals surface area contributed by atoms with Gasteiger partial charge in [-0.2, -0.15) is 5.10 Å². The Morgan fingerprint density at radius 1 is 1.48 bits per heavy atom. The number of amides is 1. The summed E-state index contributed by atoms with van der Waals surface area (Å²) >= 11 is 0. The Morgan fingerprint density at radius 2 is 2.26 bits per heavy atom. The van der Waals surface area contributed by atoms with Gasteiger partial charge in [-0.3, -0.25) is 19.1 Å². The number of rotatable bonds is 4. The maximum Gasteiger partial charge on any atom is 0.308 e. The van der Waals surface area contributed by atoms with Crippen LogP contribution in [0.1, 0.15) is 18.7 Å². The minimum Gasteiger partial charge on any atom is -0.481 e. The molecule has 3 rings (SSSR count). The van der Waals surface area contributed by atoms with Crippen molar-refractivity contribution in [3.63, 3.8) is 0 Å². The maximum absolute atomic E-state index is 12.1. The molecule has 0 aromatic carbocycles. The number of nitrogens with one attached hydrogen (secondary N) is 1. The first kappa shape index (κ1) is 15.2. The molecule has 122 valence electrons. The zero-order valence-electron chi connectivity index (χ0n) is 12.7. The van der Waals surface area contributed by atoms with Gasteiger partial charge in [0.2, 0.25) is 5.91 Å². The third-order valence-corrected chi connectivity index (χ3v) is 4.12. The standard InChI is InChI=1S/C14H17N5O4/c1-18-12-9(6-15-18)13(21)17-10(16-12)2-3-11(20)19-5-4-8(7-19)14(22)23/h6,8H,2-5,7H2,1H3,(H,22,23)(H,16,17,21)/t8-/m1/s1. The van der Waals surface area contributed by atoms with E-state index in [1.165, 1.54) is 10.9 Å². The van der Waals surface area contributed by atoms with Crippen molar-refractivity contribution in [3.8, 4) is 0 Å². The van der Waals surface area contributed by atoms with Gasteiger partial charge in [0.25, 0.3) is 5.56 Å². The van der Waals surface area contributed by atoms with E-state index in [1.807, 2.05) is 0 Å². The molecule has 2 aromatic rings. The van der Waals surface area contributed by atoms with Crippen LogP contribution in [0.15, 0.2) is 11.0 Å². The van der Waals surface area contributed by atoms with Crippen molar-refractivity contribution in [2.45, 2.75) is 19.3 Å². The number of aryl methyl sites for hydroxylation is 2. The topological polar surface area (TPSA) is 121 Å². The Bertz CT molecular complexity index is 824. The highest BCUT2D eigenvalue weighted by Crippen LogP contribution is 2.17. The van der Waals surface area contributed by atoms with E-state index in [0.29, 0.717) is 36.2 Å². The highest BCUT2D eigenvalue weighted by Gasteiger charge is 2.30. The fraction of sp³-hybridized carbons (Fsp3) is 0.500. The van der Waals surface area contributed by atoms with Gasteiger partial charge >= 0.3 is 5.97 Å². The van der Waals surface area contributed by atoms with Crippen LogP contribution in [0.3, 0.4) is 0 Å². The molecule has 0 aliphatic carbocycles. The smallest absolute Gasteiger partial charge is 0.308 e. The molecule has 1 atom stereocenters. The maximum atomic E-state index is 12.1. The summed E-state index contributed by atoms with van der Waals surface area (Å²) in [5, 5.41) is 13.4. The van der Waals surface area contributed by atoms with Crippen LogP contribution in [0, 0.1) is 5.92 Å². The van der Waals surface area contributed by atoms with E-state index in [4.69, 9.17) is 5.11 Å². The van der Waals surface area contributed by atoms with Gasteiger partial charge in [-0.05, 0) is 6.42 Å². The number of nitrogens with zero attached hydrogens (tertiary/aromatic N) is 4. The highest BCUT2D eigenvalue weighted by atomic mass is 16.4. The Hall–Kier alpha value is -2.71. The first-order chi connectivity index (χ1) is 11.0. The molecule has 0 saturated carbocycles. The summed E-state index contributed by atoms with van der Waals surface area (Å²) in [6, 6.07) is 0. The van der Waals surface area contributed by atoms with Crippen molar-refractivity contribution in [1.29, 1.82) is 0 Å². The minimum absolute atomic E-state index is 0.124. The van der Waals surface area contributed by atoms with Crippen molar-refractivity contribution < 1.29 is 14.7 Å². The Kier molecular flexibility index (Phi) is 3.85. The van der Waals surface area contributed by atoms with E-state index in [0.717, 1.165) is 0 Å². The number of carboxylic acids is 1. The van der Waals surface area contributed by atoms with Crippen molar-refractivity contribution >= 4 is 22.9 Å². The number of aromatic nitrogens is 4. The molecule has 0 radical (unpaired) electrons. The number of carboxylic acid groups (broad SMARTS) is 1. The van der Waals surface area contributed by atoms with Gasteiger partial charge in [-0.15, -0.1) is 0 Å². The molecule has 0 unspecified atom stereocenters. The van der Waals surface area contributed by atoms with Crippen molar-refractivity contribution in [1.82, 2.24) is 24.6 Å². The molecule has 9 nitrogen and oxygen atoms in total. The lowest BCUT2D eigenvalue weighted by atomic mass is 10.1. The molecule has 0 bridgehead atoms. The van der Waals surface area contributed by atoms with E-state index >= 15 is 0 Å². The van der Waals surface area contributed by atoms with Crippen molar-refractivity contribution in [2.75, 3.05) is 13.1 Å². The summed E-state index contributed by atoms with van der Waals surface area (Å²) in [6.07, 6.45) is 2.41. The lowest BCUT2D eigenvalue weighted by Gasteiger charge is -2.15. The molecular formula is C14H17N5O4. The first-order valence-electron chi connectivity index (χ1n) is 7.37. The number of H-pyrrole nitrogens is 1. The number of hydrogen-bond donors (Lipinski definition) is 2. The zero-order valence-corrected chi connectivity index (χ0v) is 12.7. The second-order valence-corrected chi connectivity index (χ2v) is 5.68. The van der Waals surface area contributed by atoms with Gasteiger partial charge in [-0.1, -0.05) is 0 Å². The number of aliphatic carboxylic acids is 1. The molecule has 1 fully saturated rings. The quantitative estimate of drug-likeness (QED) is 0.785. The predicted octanol–water partition coefficient (Wildman–Crippen LogP) is -0.478. The summed E-state index contributed by atoms with van der Waals surface area (Å²) in [5.41, 5.74) is 0.195. The number of likely N-dealkylation sites (tertiary alicyclic amines) is 1. The summed E-state index contributed by atoms with van der Waals surface area (Å²) in [6.45, 7) is 0.708. The fourth-order valence-corrected chi connectivity index (χ4v) is 2.77. The molecule has 23 heavy (non-hydrogen) atoms. The van der Waals surface area contributed by atoms with Crippen LogP contribution in [-0.4, -0.2) is 54.7 Å². The van der Waals surface area contributed by atoms with Crippen LogP contribution in [0.4, 0.5) is 0 Å². The SMILES string of the molecule is Cn1ncc2c(=O)[nH]c(CCC(=O)N3CC[C@@H](C(=O)O)C3)nc21. The number of aromatic amines is 1. The molecule has 3 heterocycles. The molecule has 1 amide bonds. The second kappa shape index (κ2) is 5.82. The van der Waals surface area contributed by atoms with Gasteiger partial charge in [0.05, 0.1) is 12.1 Å². The largest absolute Gasteiger partial charge is 0.481 e. The predicted molar refractivity (Wildman–Crippen MR) is 79.8 cm³/mol. The normalized spacial score (nSPS) is 17.8. The second-order valence-electron chi connectivity index (χ2n) is 5.68. The average molecular weight is 319 g/mol. The van der Waals surface area contributed by atoms with Crippen LogP contribution in [-0.2, 0) is 23.1 Å². The van der Waals surface area contributed by atoms with E-state index < -0.39 is 11.9 Å². The van der Waals surface area contributed by atoms with E-state index in [1.54, 1.807) is 11.9 Å². The van der Waals surface area contributed by atoms with Gasteiger partial charge in [0.1, 0.15) is 11.2 Å². The summed E-state index contributed by atoms with van der Waals surface area (Å²) in [5.74, 6) is -1.05. The number of carbonyl (C=O) groups excluding carboxylic acids is 1. The summed E-state index contributed by atoms with van der Waals surface area (Å²) in [4.78, 5) is 43.5. The molecule has 1 aliphatic heterocycles. The zero-order chi connectivity index (χ0) is 16.6. The van der Waals surface area contributed by atoms with Crippen LogP contribution >= 0.6 is 0 Å². The third-order valence-electron chi connectivity index (χ3n) is 4.12. The van der Waals surface area contributed by atoms with Gasteiger partial charge in [0.15, 0.2) is 5.65 Å². The van der Waals surface area contributed by atoms with Gasteiger partial charge < -0.3 is 15.0 Å². The van der Waals surface area contributed by atoms with E-state index in [-0.39, 0.29) is 24.4 Å². The average Bonchev–Trinajstić information content (AvgIpc) is 3.13. The Labute approximate surface area is 130 Å². The minimum atomic E-state index is -0.868. The lowest BCUT2D eigenvalue weighted by molar-refractivity contribution is -0.141. The number of fused-ring (bicyclic) bond motifs is 1. The fourth-order valence-electron chi connectivity index (χ4n) is 2.77. The Morgan fingerprint density at radius 3 is 2.96 bits per heavy atom. The van der Waals surface area contributed by atoms with Crippen LogP contribution in [0.25, 0.3) is 11.0 Å². The van der Waals surface area contributed by atoms with Crippen LogP contribution in [0.2, 0.25) is 0 Å². The van der Waals surface area contributed by atoms with E-state index in [2.05, 4.69) is 15.1 Å². The molecular weight excluding hydrogens is 302 g/mol. The Balaban J connectivity index is 1.67. The number of hydrogen-bond acceptors (Lipinski definition) is 5. The lowest BCUT2D eigenvalue weighted by Crippen LogP contribution is -2.30. The third kappa shape index (κ3) is 2.94. The molecule has 2 aromatic heterocycles. The van der Waals surface area contributed by atoms with Crippen LogP contribution in [0.5, 0.6) is 0 Å². The molecule has 9 heteroatoms. The monoisotopic (exact) mass is 319 g/mol. The molecule has 1 aliphatic rings. The summed E-state index contributed by atoms with van der Waals surface area (Å²) < 4.78 is 1.51. The molecule has 1 saturated heterocycles. The summed E-state index contributed by atoms with van der Waals surface area (Å²) in [7, 11) is 1.69. The van der Waals surface area contributed by atoms with E-state index in [9.17, 15) is 14.4 Å². The van der Waals surface area contributed by atoms with Crippen molar-refractivity contribution in [3.05, 3.63) is 22.4 Å². The molecule has 2 N–H and O–H groups in total. The van der Waals surface area contributed by atoms with Crippen LogP contribution < -0.4 is 5.56 Å². The highest BCUT2D eigenvalue weighted by molar-refractivity contribution is 5.79. The van der Waals surface area contributed by atoms with Gasteiger partial charge in [-0.25, -0.2) is 4.98 Å². The number of carbonyl (C=O) groups is 2.